The van der Waals surface area contributed by atoms with Crippen molar-refractivity contribution in [1.82, 2.24) is 9.29 Å². The molecule has 3 aromatic rings. The number of carbonyl (C=O) groups excluding carboxylic acids is 1. The minimum atomic E-state index is -3.61. The number of hydrogen-bond donors (Lipinski definition) is 1. The summed E-state index contributed by atoms with van der Waals surface area (Å²) >= 11 is 7.64. The second kappa shape index (κ2) is 8.85. The molecule has 0 fully saturated rings. The molecule has 0 aliphatic heterocycles. The van der Waals surface area contributed by atoms with Crippen LogP contribution in [0.2, 0.25) is 5.02 Å². The molecule has 0 aliphatic carbocycles. The minimum absolute atomic E-state index is 0.0735. The lowest BCUT2D eigenvalue weighted by Crippen LogP contribution is -2.23. The predicted molar refractivity (Wildman–Crippen MR) is 122 cm³/mol. The van der Waals surface area contributed by atoms with Crippen LogP contribution in [0.15, 0.2) is 46.7 Å². The Kier molecular flexibility index (Phi) is 6.62. The second-order valence-corrected chi connectivity index (χ2v) is 10.5. The van der Waals surface area contributed by atoms with Crippen molar-refractivity contribution in [2.24, 2.45) is 0 Å². The Morgan fingerprint density at radius 1 is 1.20 bits per heavy atom. The summed E-state index contributed by atoms with van der Waals surface area (Å²) in [5.41, 5.74) is 3.52. The zero-order valence-electron chi connectivity index (χ0n) is 17.1. The number of nitrogens with one attached hydrogen (secondary N) is 1. The molecule has 2 aromatic carbocycles. The SMILES string of the molecule is Cc1cc(S(=O)(=O)N(C)C)cc(NC(=O)Cc2csc(-c3ccccc3Cl)n2)c1C. The number of nitrogens with zero attached hydrogens (tertiary/aromatic N) is 2. The number of carbonyl (C=O) groups is 1. The van der Waals surface area contributed by atoms with Gasteiger partial charge in [0.25, 0.3) is 0 Å². The van der Waals surface area contributed by atoms with Crippen molar-refractivity contribution in [2.45, 2.75) is 25.2 Å². The summed E-state index contributed by atoms with van der Waals surface area (Å²) in [6.07, 6.45) is 0.0735. The van der Waals surface area contributed by atoms with Gasteiger partial charge in [-0.05, 0) is 43.2 Å². The molecule has 3 rings (SSSR count). The average Bonchev–Trinajstić information content (AvgIpc) is 3.13. The number of amides is 1. The first-order valence-corrected chi connectivity index (χ1v) is 11.8. The Hall–Kier alpha value is -2.26. The Morgan fingerprint density at radius 3 is 2.57 bits per heavy atom. The summed E-state index contributed by atoms with van der Waals surface area (Å²) in [7, 11) is -0.658. The maximum Gasteiger partial charge on any atom is 0.242 e. The van der Waals surface area contributed by atoms with Gasteiger partial charge in [-0.1, -0.05) is 29.8 Å². The van der Waals surface area contributed by atoms with Gasteiger partial charge < -0.3 is 5.32 Å². The topological polar surface area (TPSA) is 79.4 Å². The van der Waals surface area contributed by atoms with Crippen molar-refractivity contribution in [3.05, 3.63) is 63.6 Å². The van der Waals surface area contributed by atoms with Crippen LogP contribution in [0.1, 0.15) is 16.8 Å². The molecule has 0 atom stereocenters. The van der Waals surface area contributed by atoms with Crippen LogP contribution in [0, 0.1) is 13.8 Å². The van der Waals surface area contributed by atoms with E-state index in [1.807, 2.05) is 37.4 Å². The number of benzene rings is 2. The van der Waals surface area contributed by atoms with Crippen LogP contribution in [0.4, 0.5) is 5.69 Å². The van der Waals surface area contributed by atoms with Crippen molar-refractivity contribution in [2.75, 3.05) is 19.4 Å². The standard InChI is InChI=1S/C21H22ClN3O3S2/c1-13-9-16(30(27,28)25(3)4)11-19(14(13)2)24-20(26)10-15-12-29-21(23-15)17-7-5-6-8-18(17)22/h5-9,11-12H,10H2,1-4H3,(H,24,26). The van der Waals surface area contributed by atoms with Gasteiger partial charge in [-0.2, -0.15) is 0 Å². The van der Waals surface area contributed by atoms with Crippen molar-refractivity contribution in [3.8, 4) is 10.6 Å². The van der Waals surface area contributed by atoms with E-state index in [1.54, 1.807) is 12.1 Å². The van der Waals surface area contributed by atoms with Crippen molar-refractivity contribution < 1.29 is 13.2 Å². The van der Waals surface area contributed by atoms with Gasteiger partial charge in [-0.15, -0.1) is 11.3 Å². The summed E-state index contributed by atoms with van der Waals surface area (Å²) in [4.78, 5) is 17.3. The molecule has 0 bridgehead atoms. The van der Waals surface area contributed by atoms with E-state index in [4.69, 9.17) is 11.6 Å². The Balaban J connectivity index is 1.80. The van der Waals surface area contributed by atoms with Crippen LogP contribution < -0.4 is 5.32 Å². The van der Waals surface area contributed by atoms with Gasteiger partial charge in [-0.25, -0.2) is 17.7 Å². The van der Waals surface area contributed by atoms with Crippen LogP contribution in [0.3, 0.4) is 0 Å². The van der Waals surface area contributed by atoms with Gasteiger partial charge in [0.2, 0.25) is 15.9 Å². The van der Waals surface area contributed by atoms with E-state index >= 15 is 0 Å². The fourth-order valence-electron chi connectivity index (χ4n) is 2.82. The molecular formula is C21H22ClN3O3S2. The zero-order valence-corrected chi connectivity index (χ0v) is 19.5. The first-order chi connectivity index (χ1) is 14.1. The lowest BCUT2D eigenvalue weighted by Gasteiger charge is -2.16. The summed E-state index contributed by atoms with van der Waals surface area (Å²) in [6.45, 7) is 3.66. The van der Waals surface area contributed by atoms with E-state index in [9.17, 15) is 13.2 Å². The summed E-state index contributed by atoms with van der Waals surface area (Å²) < 4.78 is 26.1. The average molecular weight is 464 g/mol. The summed E-state index contributed by atoms with van der Waals surface area (Å²) in [5.74, 6) is -0.270. The Labute approximate surface area is 185 Å². The third kappa shape index (κ3) is 4.73. The number of aryl methyl sites for hydroxylation is 1. The highest BCUT2D eigenvalue weighted by Crippen LogP contribution is 2.30. The first-order valence-electron chi connectivity index (χ1n) is 9.12. The molecule has 6 nitrogen and oxygen atoms in total. The number of anilines is 1. The monoisotopic (exact) mass is 463 g/mol. The van der Waals surface area contributed by atoms with Gasteiger partial charge >= 0.3 is 0 Å². The van der Waals surface area contributed by atoms with Crippen LogP contribution in [0.5, 0.6) is 0 Å². The van der Waals surface area contributed by atoms with Crippen LogP contribution >= 0.6 is 22.9 Å². The number of hydrogen-bond acceptors (Lipinski definition) is 5. The first kappa shape index (κ1) is 22.4. The highest BCUT2D eigenvalue weighted by atomic mass is 35.5. The third-order valence-corrected chi connectivity index (χ3v) is 7.74. The number of rotatable bonds is 6. The smallest absolute Gasteiger partial charge is 0.242 e. The van der Waals surface area contributed by atoms with Crippen molar-refractivity contribution >= 4 is 44.6 Å². The van der Waals surface area contributed by atoms with E-state index in [0.29, 0.717) is 16.4 Å². The fraction of sp³-hybridized carbons (Fsp3) is 0.238. The minimum Gasteiger partial charge on any atom is -0.325 e. The predicted octanol–water partition coefficient (Wildman–Crippen LogP) is 4.51. The molecule has 0 unspecified atom stereocenters. The quantitative estimate of drug-likeness (QED) is 0.583. The zero-order chi connectivity index (χ0) is 22.1. The van der Waals surface area contributed by atoms with Gasteiger partial charge in [0.1, 0.15) is 5.01 Å². The molecule has 1 aromatic heterocycles. The molecule has 0 aliphatic rings. The summed E-state index contributed by atoms with van der Waals surface area (Å²) in [6, 6.07) is 10.5. The van der Waals surface area contributed by atoms with Crippen LogP contribution in [-0.2, 0) is 21.2 Å². The second-order valence-electron chi connectivity index (χ2n) is 7.05. The normalized spacial score (nSPS) is 11.7. The maximum atomic E-state index is 12.6. The lowest BCUT2D eigenvalue weighted by molar-refractivity contribution is -0.115. The molecule has 0 radical (unpaired) electrons. The molecule has 30 heavy (non-hydrogen) atoms. The Morgan fingerprint density at radius 2 is 1.90 bits per heavy atom. The fourth-order valence-corrected chi connectivity index (χ4v) is 4.98. The van der Waals surface area contributed by atoms with E-state index in [-0.39, 0.29) is 17.2 Å². The Bertz CT molecular complexity index is 1200. The van der Waals surface area contributed by atoms with Crippen molar-refractivity contribution in [1.29, 1.82) is 0 Å². The highest BCUT2D eigenvalue weighted by molar-refractivity contribution is 7.89. The van der Waals surface area contributed by atoms with Crippen LogP contribution in [-0.4, -0.2) is 37.7 Å². The molecule has 0 saturated carbocycles. The van der Waals surface area contributed by atoms with Gasteiger partial charge in [-0.3, -0.25) is 4.79 Å². The molecule has 1 heterocycles. The molecule has 1 amide bonds. The third-order valence-electron chi connectivity index (χ3n) is 4.69. The molecule has 0 saturated heterocycles. The van der Waals surface area contributed by atoms with Crippen molar-refractivity contribution in [3.63, 3.8) is 0 Å². The van der Waals surface area contributed by atoms with Crippen LogP contribution in [0.25, 0.3) is 10.6 Å². The van der Waals surface area contributed by atoms with E-state index in [2.05, 4.69) is 10.3 Å². The number of aromatic nitrogens is 1. The van der Waals surface area contributed by atoms with Gasteiger partial charge in [0.05, 0.1) is 22.0 Å². The summed E-state index contributed by atoms with van der Waals surface area (Å²) in [5, 5.41) is 6.00. The molecule has 158 valence electrons. The van der Waals surface area contributed by atoms with E-state index < -0.39 is 10.0 Å². The molecule has 1 N–H and O–H groups in total. The lowest BCUT2D eigenvalue weighted by atomic mass is 10.1. The largest absolute Gasteiger partial charge is 0.325 e. The van der Waals surface area contributed by atoms with Gasteiger partial charge in [0.15, 0.2) is 0 Å². The van der Waals surface area contributed by atoms with E-state index in [0.717, 1.165) is 26.0 Å². The number of sulfonamides is 1. The molecule has 9 heteroatoms. The molecular weight excluding hydrogens is 442 g/mol. The number of thiazole rings is 1. The highest BCUT2D eigenvalue weighted by Gasteiger charge is 2.20. The maximum absolute atomic E-state index is 12.6. The van der Waals surface area contributed by atoms with E-state index in [1.165, 1.54) is 31.5 Å². The van der Waals surface area contributed by atoms with Gasteiger partial charge in [0, 0.05) is 30.7 Å². The molecule has 0 spiro atoms. The number of halogens is 1.